The number of nitrogens with zero attached hydrogens (tertiary/aromatic N) is 2. The molecule has 0 aliphatic rings. The van der Waals surface area contributed by atoms with E-state index in [-0.39, 0.29) is 17.1 Å². The molecule has 0 amide bonds. The number of aryl methyl sites for hydroxylation is 1. The van der Waals surface area contributed by atoms with Crippen molar-refractivity contribution in [1.29, 1.82) is 0 Å². The van der Waals surface area contributed by atoms with Gasteiger partial charge in [0.2, 0.25) is 10.0 Å². The summed E-state index contributed by atoms with van der Waals surface area (Å²) in [4.78, 5) is 14.9. The number of halogens is 2. The minimum atomic E-state index is -4.58. The van der Waals surface area contributed by atoms with Gasteiger partial charge in [0.15, 0.2) is 4.90 Å². The van der Waals surface area contributed by atoms with Crippen molar-refractivity contribution in [1.82, 2.24) is 9.55 Å². The third kappa shape index (κ3) is 3.08. The van der Waals surface area contributed by atoms with Crippen molar-refractivity contribution >= 4 is 10.0 Å². The van der Waals surface area contributed by atoms with Crippen LogP contribution in [-0.2, 0) is 10.0 Å². The lowest BCUT2D eigenvalue weighted by Crippen LogP contribution is -2.17. The van der Waals surface area contributed by atoms with Gasteiger partial charge >= 0.3 is 5.76 Å². The molecule has 1 aromatic carbocycles. The van der Waals surface area contributed by atoms with E-state index < -0.39 is 32.3 Å². The Morgan fingerprint density at radius 1 is 1.20 bits per heavy atom. The van der Waals surface area contributed by atoms with Crippen molar-refractivity contribution in [2.75, 3.05) is 0 Å². The SMILES string of the molecule is Cc1cccc(-n2c(-c3cc(F)c(S(N)(=O)=O)c(F)c3)coc2=O)n1. The van der Waals surface area contributed by atoms with E-state index in [9.17, 15) is 22.0 Å². The Kier molecular flexibility index (Phi) is 4.01. The molecule has 0 bridgehead atoms. The molecule has 2 heterocycles. The smallest absolute Gasteiger partial charge is 0.415 e. The van der Waals surface area contributed by atoms with E-state index in [2.05, 4.69) is 4.98 Å². The van der Waals surface area contributed by atoms with Crippen LogP contribution in [0.5, 0.6) is 0 Å². The molecule has 3 aromatic rings. The largest absolute Gasteiger partial charge is 0.425 e. The fraction of sp³-hybridized carbons (Fsp3) is 0.0667. The van der Waals surface area contributed by atoms with Crippen molar-refractivity contribution in [3.05, 3.63) is 64.5 Å². The number of hydrogen-bond donors (Lipinski definition) is 1. The van der Waals surface area contributed by atoms with E-state index in [0.29, 0.717) is 5.69 Å². The van der Waals surface area contributed by atoms with Crippen LogP contribution in [0, 0.1) is 18.6 Å². The zero-order valence-electron chi connectivity index (χ0n) is 12.7. The average molecular weight is 367 g/mol. The number of hydrogen-bond acceptors (Lipinski definition) is 5. The predicted molar refractivity (Wildman–Crippen MR) is 83.6 cm³/mol. The van der Waals surface area contributed by atoms with E-state index in [1.54, 1.807) is 19.1 Å². The Bertz CT molecular complexity index is 1110. The highest BCUT2D eigenvalue weighted by Crippen LogP contribution is 2.27. The first kappa shape index (κ1) is 17.0. The van der Waals surface area contributed by atoms with E-state index >= 15 is 0 Å². The lowest BCUT2D eigenvalue weighted by Gasteiger charge is -2.08. The van der Waals surface area contributed by atoms with Gasteiger partial charge in [-0.25, -0.2) is 36.7 Å². The van der Waals surface area contributed by atoms with E-state index in [1.807, 2.05) is 0 Å². The first-order chi connectivity index (χ1) is 11.7. The summed E-state index contributed by atoms with van der Waals surface area (Å²) in [5, 5.41) is 4.80. The summed E-state index contributed by atoms with van der Waals surface area (Å²) in [6.07, 6.45) is 0.997. The molecule has 0 aliphatic heterocycles. The first-order valence-electron chi connectivity index (χ1n) is 6.85. The lowest BCUT2D eigenvalue weighted by molar-refractivity contribution is 0.503. The van der Waals surface area contributed by atoms with Crippen LogP contribution in [0.15, 0.2) is 50.7 Å². The molecular formula is C15H11F2N3O4S. The van der Waals surface area contributed by atoms with Crippen molar-refractivity contribution in [3.63, 3.8) is 0 Å². The molecule has 0 spiro atoms. The highest BCUT2D eigenvalue weighted by Gasteiger charge is 2.23. The van der Waals surface area contributed by atoms with Gasteiger partial charge in [-0.2, -0.15) is 0 Å². The topological polar surface area (TPSA) is 108 Å². The molecular weight excluding hydrogens is 356 g/mol. The van der Waals surface area contributed by atoms with Gasteiger partial charge in [-0.1, -0.05) is 6.07 Å². The van der Waals surface area contributed by atoms with Gasteiger partial charge in [-0.05, 0) is 31.2 Å². The van der Waals surface area contributed by atoms with Gasteiger partial charge < -0.3 is 4.42 Å². The summed E-state index contributed by atoms with van der Waals surface area (Å²) in [6, 6.07) is 6.36. The van der Waals surface area contributed by atoms with Gasteiger partial charge in [0, 0.05) is 11.3 Å². The first-order valence-corrected chi connectivity index (χ1v) is 8.40. The highest BCUT2D eigenvalue weighted by atomic mass is 32.2. The van der Waals surface area contributed by atoms with Gasteiger partial charge in [0.1, 0.15) is 23.7 Å². The average Bonchev–Trinajstić information content (AvgIpc) is 2.86. The zero-order valence-corrected chi connectivity index (χ0v) is 13.5. The number of aromatic nitrogens is 2. The van der Waals surface area contributed by atoms with Crippen molar-refractivity contribution in [2.45, 2.75) is 11.8 Å². The van der Waals surface area contributed by atoms with Crippen LogP contribution in [0.2, 0.25) is 0 Å². The number of oxazole rings is 1. The second-order valence-electron chi connectivity index (χ2n) is 5.17. The molecule has 0 saturated carbocycles. The fourth-order valence-corrected chi connectivity index (χ4v) is 3.02. The maximum absolute atomic E-state index is 14.1. The number of nitrogens with two attached hydrogens (primary N) is 1. The molecule has 0 aliphatic carbocycles. The van der Waals surface area contributed by atoms with Crippen LogP contribution >= 0.6 is 0 Å². The van der Waals surface area contributed by atoms with Crippen molar-refractivity contribution < 1.29 is 21.6 Å². The van der Waals surface area contributed by atoms with Crippen molar-refractivity contribution in [2.24, 2.45) is 5.14 Å². The minimum absolute atomic E-state index is 0.00173. The van der Waals surface area contributed by atoms with Gasteiger partial charge in [-0.15, -0.1) is 0 Å². The number of primary sulfonamides is 1. The van der Waals surface area contributed by atoms with Crippen molar-refractivity contribution in [3.8, 4) is 17.1 Å². The second-order valence-corrected chi connectivity index (χ2v) is 6.67. The Morgan fingerprint density at radius 3 is 2.40 bits per heavy atom. The van der Waals surface area contributed by atoms with Gasteiger partial charge in [0.25, 0.3) is 0 Å². The summed E-state index contributed by atoms with van der Waals surface area (Å²) < 4.78 is 56.5. The molecule has 0 fully saturated rings. The Labute approximate surface area is 140 Å². The number of rotatable bonds is 3. The maximum atomic E-state index is 14.1. The molecule has 25 heavy (non-hydrogen) atoms. The van der Waals surface area contributed by atoms with Crippen LogP contribution in [-0.4, -0.2) is 18.0 Å². The minimum Gasteiger partial charge on any atom is -0.415 e. The molecule has 130 valence electrons. The third-order valence-corrected chi connectivity index (χ3v) is 4.34. The van der Waals surface area contributed by atoms with E-state index in [1.165, 1.54) is 6.07 Å². The van der Waals surface area contributed by atoms with E-state index in [0.717, 1.165) is 23.0 Å². The van der Waals surface area contributed by atoms with Crippen LogP contribution in [0.1, 0.15) is 5.69 Å². The summed E-state index contributed by atoms with van der Waals surface area (Å²) >= 11 is 0. The standard InChI is InChI=1S/C15H11F2N3O4S/c1-8-3-2-4-13(19-8)20-12(7-24-15(20)21)9-5-10(16)14(11(17)6-9)25(18,22)23/h2-7H,1H3,(H2,18,22,23). The Morgan fingerprint density at radius 2 is 1.84 bits per heavy atom. The summed E-state index contributed by atoms with van der Waals surface area (Å²) in [7, 11) is -4.58. The highest BCUT2D eigenvalue weighted by molar-refractivity contribution is 7.89. The zero-order chi connectivity index (χ0) is 18.4. The molecule has 7 nitrogen and oxygen atoms in total. The Balaban J connectivity index is 2.25. The van der Waals surface area contributed by atoms with Gasteiger partial charge in [0.05, 0.1) is 5.69 Å². The van der Waals surface area contributed by atoms with Crippen LogP contribution in [0.4, 0.5) is 8.78 Å². The molecule has 2 aromatic heterocycles. The number of benzene rings is 1. The summed E-state index contributed by atoms with van der Waals surface area (Å²) in [6.45, 7) is 1.70. The third-order valence-electron chi connectivity index (χ3n) is 3.38. The molecule has 0 unspecified atom stereocenters. The summed E-state index contributed by atoms with van der Waals surface area (Å²) in [5.74, 6) is -3.39. The maximum Gasteiger partial charge on any atom is 0.425 e. The lowest BCUT2D eigenvalue weighted by atomic mass is 10.1. The predicted octanol–water partition coefficient (Wildman–Crippen LogP) is 1.73. The number of sulfonamides is 1. The molecule has 10 heteroatoms. The monoisotopic (exact) mass is 367 g/mol. The fourth-order valence-electron chi connectivity index (χ4n) is 2.36. The Hall–Kier alpha value is -2.85. The molecule has 3 rings (SSSR count). The van der Waals surface area contributed by atoms with Crippen LogP contribution in [0.25, 0.3) is 17.1 Å². The van der Waals surface area contributed by atoms with Gasteiger partial charge in [-0.3, -0.25) is 0 Å². The van der Waals surface area contributed by atoms with E-state index in [4.69, 9.17) is 9.56 Å². The molecule has 0 radical (unpaired) electrons. The second kappa shape index (κ2) is 5.90. The molecule has 0 saturated heterocycles. The number of pyridine rings is 1. The van der Waals surface area contributed by atoms with Crippen LogP contribution in [0.3, 0.4) is 0 Å². The summed E-state index contributed by atoms with van der Waals surface area (Å²) in [5.41, 5.74) is 0.497. The molecule has 0 atom stereocenters. The van der Waals surface area contributed by atoms with Crippen LogP contribution < -0.4 is 10.9 Å². The molecule has 2 N–H and O–H groups in total. The quantitative estimate of drug-likeness (QED) is 0.758. The normalized spacial score (nSPS) is 11.7.